The summed E-state index contributed by atoms with van der Waals surface area (Å²) in [5.74, 6) is 1.76. The molecule has 0 bridgehead atoms. The molecule has 0 N–H and O–H groups in total. The minimum Gasteiger partial charge on any atom is -0.348 e. The summed E-state index contributed by atoms with van der Waals surface area (Å²) in [7, 11) is 0. The first kappa shape index (κ1) is 22.5. The molecule has 0 amide bonds. The summed E-state index contributed by atoms with van der Waals surface area (Å²) in [5.41, 5.74) is 3.74. The number of hydrogen-bond acceptors (Lipinski definition) is 2. The average molecular weight is 425 g/mol. The van der Waals surface area contributed by atoms with Crippen molar-refractivity contribution >= 4 is 0 Å². The highest BCUT2D eigenvalue weighted by Gasteiger charge is 2.24. The fourth-order valence-corrected chi connectivity index (χ4v) is 5.34. The molecule has 0 spiro atoms. The van der Waals surface area contributed by atoms with Gasteiger partial charge in [0.25, 0.3) is 0 Å². The zero-order chi connectivity index (χ0) is 21.6. The quantitative estimate of drug-likeness (QED) is 0.448. The first-order chi connectivity index (χ1) is 15.2. The van der Waals surface area contributed by atoms with Gasteiger partial charge in [-0.3, -0.25) is 0 Å². The lowest BCUT2D eigenvalue weighted by Crippen LogP contribution is -2.26. The van der Waals surface area contributed by atoms with Gasteiger partial charge in [-0.1, -0.05) is 69.5 Å². The standard InChI is InChI=1S/C28H37FO2/c1-3-5-20-7-9-22(10-8-20)25-15-16-26(27(29)17-25)23-11-13-24(14-12-23)28-30-18-21(6-4-2)19-31-28/h11-17,20-22,28H,3-10,18-19H2,1-2H3. The van der Waals surface area contributed by atoms with E-state index < -0.39 is 0 Å². The Balaban J connectivity index is 1.39. The van der Waals surface area contributed by atoms with Crippen molar-refractivity contribution in [2.45, 2.75) is 77.4 Å². The highest BCUT2D eigenvalue weighted by Crippen LogP contribution is 2.39. The van der Waals surface area contributed by atoms with Crippen molar-refractivity contribution in [3.8, 4) is 11.1 Å². The predicted octanol–water partition coefficient (Wildman–Crippen LogP) is 8.03. The largest absolute Gasteiger partial charge is 0.348 e. The first-order valence-electron chi connectivity index (χ1n) is 12.3. The van der Waals surface area contributed by atoms with Gasteiger partial charge >= 0.3 is 0 Å². The Labute approximate surface area is 187 Å². The molecule has 2 nitrogen and oxygen atoms in total. The summed E-state index contributed by atoms with van der Waals surface area (Å²) >= 11 is 0. The molecule has 2 aromatic rings. The molecular formula is C28H37FO2. The molecule has 1 saturated carbocycles. The van der Waals surface area contributed by atoms with E-state index in [1.54, 1.807) is 6.07 Å². The molecule has 3 heteroatoms. The van der Waals surface area contributed by atoms with E-state index in [-0.39, 0.29) is 12.1 Å². The van der Waals surface area contributed by atoms with Gasteiger partial charge in [0.2, 0.25) is 0 Å². The van der Waals surface area contributed by atoms with E-state index in [9.17, 15) is 0 Å². The van der Waals surface area contributed by atoms with E-state index in [0.29, 0.717) is 17.4 Å². The summed E-state index contributed by atoms with van der Waals surface area (Å²) in [6, 6.07) is 13.8. The van der Waals surface area contributed by atoms with Gasteiger partial charge in [0.05, 0.1) is 13.2 Å². The number of ether oxygens (including phenoxy) is 2. The molecule has 1 heterocycles. The predicted molar refractivity (Wildman–Crippen MR) is 124 cm³/mol. The smallest absolute Gasteiger partial charge is 0.183 e. The minimum atomic E-state index is -0.308. The zero-order valence-corrected chi connectivity index (χ0v) is 19.1. The van der Waals surface area contributed by atoms with Crippen molar-refractivity contribution in [2.24, 2.45) is 11.8 Å². The summed E-state index contributed by atoms with van der Waals surface area (Å²) in [4.78, 5) is 0. The van der Waals surface area contributed by atoms with Gasteiger partial charge < -0.3 is 9.47 Å². The minimum absolute atomic E-state index is 0.117. The van der Waals surface area contributed by atoms with Gasteiger partial charge in [0.1, 0.15) is 5.82 Å². The monoisotopic (exact) mass is 424 g/mol. The maximum atomic E-state index is 15.0. The molecule has 0 atom stereocenters. The topological polar surface area (TPSA) is 18.5 Å². The van der Waals surface area contributed by atoms with Gasteiger partial charge in [-0.15, -0.1) is 0 Å². The Morgan fingerprint density at radius 2 is 1.39 bits per heavy atom. The Hall–Kier alpha value is -1.71. The highest BCUT2D eigenvalue weighted by molar-refractivity contribution is 5.65. The summed E-state index contributed by atoms with van der Waals surface area (Å²) < 4.78 is 26.8. The molecule has 2 aliphatic rings. The van der Waals surface area contributed by atoms with Crippen LogP contribution in [0.1, 0.15) is 88.5 Å². The normalized spacial score (nSPS) is 26.7. The molecule has 31 heavy (non-hydrogen) atoms. The van der Waals surface area contributed by atoms with Crippen LogP contribution in [0.15, 0.2) is 42.5 Å². The van der Waals surface area contributed by atoms with E-state index in [4.69, 9.17) is 9.47 Å². The lowest BCUT2D eigenvalue weighted by atomic mass is 9.77. The van der Waals surface area contributed by atoms with Gasteiger partial charge in [-0.25, -0.2) is 4.39 Å². The number of hydrogen-bond donors (Lipinski definition) is 0. The first-order valence-corrected chi connectivity index (χ1v) is 12.3. The molecule has 1 aliphatic heterocycles. The fraction of sp³-hybridized carbons (Fsp3) is 0.571. The maximum Gasteiger partial charge on any atom is 0.183 e. The third kappa shape index (κ3) is 5.56. The number of rotatable bonds is 7. The van der Waals surface area contributed by atoms with Crippen molar-refractivity contribution in [1.29, 1.82) is 0 Å². The Kier molecular flexibility index (Phi) is 7.79. The molecular weight excluding hydrogens is 387 g/mol. The molecule has 2 aromatic carbocycles. The van der Waals surface area contributed by atoms with Crippen LogP contribution in [0, 0.1) is 17.7 Å². The summed E-state index contributed by atoms with van der Waals surface area (Å²) in [6.45, 7) is 5.95. The highest BCUT2D eigenvalue weighted by atomic mass is 19.1. The van der Waals surface area contributed by atoms with E-state index in [0.717, 1.165) is 43.1 Å². The molecule has 2 fully saturated rings. The third-order valence-corrected chi connectivity index (χ3v) is 7.17. The lowest BCUT2D eigenvalue weighted by Gasteiger charge is -2.29. The van der Waals surface area contributed by atoms with E-state index in [2.05, 4.69) is 19.9 Å². The number of benzene rings is 2. The molecule has 0 radical (unpaired) electrons. The van der Waals surface area contributed by atoms with Crippen LogP contribution < -0.4 is 0 Å². The van der Waals surface area contributed by atoms with Crippen LogP contribution in [-0.2, 0) is 9.47 Å². The zero-order valence-electron chi connectivity index (χ0n) is 19.1. The Bertz CT molecular complexity index is 815. The SMILES string of the molecule is CCCC1CCC(c2ccc(-c3ccc(C4OCC(CCC)CO4)cc3)c(F)c2)CC1. The Morgan fingerprint density at radius 3 is 2.00 bits per heavy atom. The lowest BCUT2D eigenvalue weighted by molar-refractivity contribution is -0.206. The molecule has 168 valence electrons. The second kappa shape index (κ2) is 10.7. The van der Waals surface area contributed by atoms with Crippen molar-refractivity contribution in [2.75, 3.05) is 13.2 Å². The molecule has 0 aromatic heterocycles. The van der Waals surface area contributed by atoms with Crippen molar-refractivity contribution in [3.05, 3.63) is 59.4 Å². The molecule has 1 aliphatic carbocycles. The van der Waals surface area contributed by atoms with Crippen molar-refractivity contribution < 1.29 is 13.9 Å². The van der Waals surface area contributed by atoms with Crippen LogP contribution in [0.3, 0.4) is 0 Å². The number of halogens is 1. The van der Waals surface area contributed by atoms with Crippen LogP contribution in [0.25, 0.3) is 11.1 Å². The summed E-state index contributed by atoms with van der Waals surface area (Å²) in [6.07, 6.45) is 9.56. The fourth-order valence-electron chi connectivity index (χ4n) is 5.34. The van der Waals surface area contributed by atoms with Gasteiger partial charge in [-0.2, -0.15) is 0 Å². The van der Waals surface area contributed by atoms with Crippen molar-refractivity contribution in [3.63, 3.8) is 0 Å². The maximum absolute atomic E-state index is 15.0. The molecule has 1 saturated heterocycles. The van der Waals surface area contributed by atoms with E-state index in [1.165, 1.54) is 44.1 Å². The Morgan fingerprint density at radius 1 is 0.774 bits per heavy atom. The van der Waals surface area contributed by atoms with E-state index in [1.807, 2.05) is 30.3 Å². The van der Waals surface area contributed by atoms with Crippen LogP contribution in [0.2, 0.25) is 0 Å². The second-order valence-corrected chi connectivity index (χ2v) is 9.52. The average Bonchev–Trinajstić information content (AvgIpc) is 2.81. The van der Waals surface area contributed by atoms with E-state index >= 15 is 4.39 Å². The van der Waals surface area contributed by atoms with Crippen LogP contribution in [0.4, 0.5) is 4.39 Å². The van der Waals surface area contributed by atoms with Crippen LogP contribution in [0.5, 0.6) is 0 Å². The van der Waals surface area contributed by atoms with Crippen LogP contribution in [-0.4, -0.2) is 13.2 Å². The van der Waals surface area contributed by atoms with Gasteiger partial charge in [0, 0.05) is 17.0 Å². The second-order valence-electron chi connectivity index (χ2n) is 9.52. The summed E-state index contributed by atoms with van der Waals surface area (Å²) in [5, 5.41) is 0. The molecule has 0 unspecified atom stereocenters. The van der Waals surface area contributed by atoms with Crippen LogP contribution >= 0.6 is 0 Å². The third-order valence-electron chi connectivity index (χ3n) is 7.17. The van der Waals surface area contributed by atoms with Gasteiger partial charge in [-0.05, 0) is 61.1 Å². The van der Waals surface area contributed by atoms with Gasteiger partial charge in [0.15, 0.2) is 6.29 Å². The van der Waals surface area contributed by atoms with Crippen molar-refractivity contribution in [1.82, 2.24) is 0 Å². The molecule has 4 rings (SSSR count).